The van der Waals surface area contributed by atoms with E-state index in [1.54, 1.807) is 31.3 Å². The number of hydrogen-bond acceptors (Lipinski definition) is 5. The Labute approximate surface area is 104 Å². The van der Waals surface area contributed by atoms with E-state index in [0.29, 0.717) is 6.54 Å². The molecule has 0 amide bonds. The predicted octanol–water partition coefficient (Wildman–Crippen LogP) is 2.10. The maximum atomic E-state index is 5.46. The van der Waals surface area contributed by atoms with E-state index in [0.717, 1.165) is 21.4 Å². The van der Waals surface area contributed by atoms with Crippen molar-refractivity contribution in [3.8, 4) is 5.75 Å². The number of rotatable bonds is 4. The van der Waals surface area contributed by atoms with E-state index in [4.69, 9.17) is 10.5 Å². The Morgan fingerprint density at radius 1 is 1.29 bits per heavy atom. The second-order valence-electron chi connectivity index (χ2n) is 3.33. The zero-order valence-electron chi connectivity index (χ0n) is 9.46. The summed E-state index contributed by atoms with van der Waals surface area (Å²) in [6.07, 6.45) is 3.43. The van der Waals surface area contributed by atoms with Crippen LogP contribution in [0.3, 0.4) is 0 Å². The number of benzene rings is 1. The summed E-state index contributed by atoms with van der Waals surface area (Å²) in [7, 11) is 1.65. The highest BCUT2D eigenvalue weighted by Crippen LogP contribution is 2.27. The highest BCUT2D eigenvalue weighted by atomic mass is 32.2. The summed E-state index contributed by atoms with van der Waals surface area (Å²) in [5.74, 6) is 0.835. The summed E-state index contributed by atoms with van der Waals surface area (Å²) >= 11 is 1.54. The molecule has 1 heterocycles. The van der Waals surface area contributed by atoms with Crippen LogP contribution < -0.4 is 10.5 Å². The first kappa shape index (κ1) is 11.9. The largest absolute Gasteiger partial charge is 0.497 e. The van der Waals surface area contributed by atoms with Gasteiger partial charge in [-0.1, -0.05) is 17.8 Å². The van der Waals surface area contributed by atoms with Gasteiger partial charge in [0.15, 0.2) is 0 Å². The Bertz CT molecular complexity index is 487. The van der Waals surface area contributed by atoms with Gasteiger partial charge in [-0.25, -0.2) is 4.98 Å². The van der Waals surface area contributed by atoms with Crippen LogP contribution in [0.1, 0.15) is 5.69 Å². The van der Waals surface area contributed by atoms with Gasteiger partial charge < -0.3 is 10.5 Å². The number of methoxy groups -OCH3 is 1. The predicted molar refractivity (Wildman–Crippen MR) is 67.0 cm³/mol. The molecular formula is C12H13N3OS. The third-order valence-corrected chi connectivity index (χ3v) is 3.06. The third kappa shape index (κ3) is 3.18. The smallest absolute Gasteiger partial charge is 0.119 e. The lowest BCUT2D eigenvalue weighted by atomic mass is 10.3. The molecule has 4 nitrogen and oxygen atoms in total. The van der Waals surface area contributed by atoms with Crippen molar-refractivity contribution in [1.29, 1.82) is 0 Å². The van der Waals surface area contributed by atoms with Gasteiger partial charge in [-0.15, -0.1) is 0 Å². The monoisotopic (exact) mass is 247 g/mol. The van der Waals surface area contributed by atoms with Crippen LogP contribution >= 0.6 is 11.8 Å². The zero-order valence-corrected chi connectivity index (χ0v) is 10.3. The van der Waals surface area contributed by atoms with Crippen molar-refractivity contribution in [3.05, 3.63) is 42.4 Å². The van der Waals surface area contributed by atoms with Crippen LogP contribution in [-0.4, -0.2) is 17.1 Å². The molecule has 1 aromatic carbocycles. The van der Waals surface area contributed by atoms with Crippen LogP contribution in [0, 0.1) is 0 Å². The Balaban J connectivity index is 2.13. The van der Waals surface area contributed by atoms with Crippen LogP contribution in [-0.2, 0) is 6.54 Å². The van der Waals surface area contributed by atoms with Crippen molar-refractivity contribution in [2.45, 2.75) is 16.5 Å². The minimum absolute atomic E-state index is 0.414. The Morgan fingerprint density at radius 2 is 2.18 bits per heavy atom. The topological polar surface area (TPSA) is 61.0 Å². The van der Waals surface area contributed by atoms with Gasteiger partial charge in [-0.3, -0.25) is 4.98 Å². The van der Waals surface area contributed by atoms with E-state index >= 15 is 0 Å². The second-order valence-corrected chi connectivity index (χ2v) is 4.42. The molecule has 0 atom stereocenters. The summed E-state index contributed by atoms with van der Waals surface area (Å²) in [4.78, 5) is 9.54. The number of nitrogens with two attached hydrogens (primary N) is 1. The van der Waals surface area contributed by atoms with Crippen molar-refractivity contribution in [3.63, 3.8) is 0 Å². The first-order valence-corrected chi connectivity index (χ1v) is 5.96. The van der Waals surface area contributed by atoms with Crippen molar-refractivity contribution in [2.24, 2.45) is 5.73 Å². The first-order chi connectivity index (χ1) is 8.31. The fraction of sp³-hybridized carbons (Fsp3) is 0.167. The molecule has 2 rings (SSSR count). The average Bonchev–Trinajstić information content (AvgIpc) is 2.40. The molecule has 0 bridgehead atoms. The fourth-order valence-electron chi connectivity index (χ4n) is 1.29. The molecule has 0 spiro atoms. The van der Waals surface area contributed by atoms with Crippen LogP contribution in [0.2, 0.25) is 0 Å². The summed E-state index contributed by atoms with van der Waals surface area (Å²) in [5, 5.41) is 0.843. The molecule has 0 unspecified atom stereocenters. The average molecular weight is 247 g/mol. The van der Waals surface area contributed by atoms with Crippen molar-refractivity contribution < 1.29 is 4.74 Å². The van der Waals surface area contributed by atoms with Gasteiger partial charge in [0.2, 0.25) is 0 Å². The Kier molecular flexibility index (Phi) is 3.95. The molecule has 0 aliphatic rings. The molecule has 5 heteroatoms. The molecule has 2 aromatic rings. The van der Waals surface area contributed by atoms with E-state index in [1.807, 2.05) is 24.3 Å². The minimum Gasteiger partial charge on any atom is -0.497 e. The molecule has 17 heavy (non-hydrogen) atoms. The number of nitrogens with zero attached hydrogens (tertiary/aromatic N) is 2. The van der Waals surface area contributed by atoms with Crippen LogP contribution in [0.4, 0.5) is 0 Å². The molecule has 0 radical (unpaired) electrons. The molecule has 88 valence electrons. The maximum Gasteiger partial charge on any atom is 0.119 e. The molecule has 2 N–H and O–H groups in total. The van der Waals surface area contributed by atoms with Crippen LogP contribution in [0.15, 0.2) is 46.6 Å². The van der Waals surface area contributed by atoms with E-state index in [9.17, 15) is 0 Å². The number of ether oxygens (including phenoxy) is 1. The molecule has 0 fully saturated rings. The number of aromatic nitrogens is 2. The maximum absolute atomic E-state index is 5.46. The van der Waals surface area contributed by atoms with Gasteiger partial charge in [0.25, 0.3) is 0 Å². The summed E-state index contributed by atoms with van der Waals surface area (Å²) in [6, 6.07) is 7.82. The zero-order chi connectivity index (χ0) is 12.1. The quantitative estimate of drug-likeness (QED) is 0.896. The van der Waals surface area contributed by atoms with Gasteiger partial charge >= 0.3 is 0 Å². The van der Waals surface area contributed by atoms with Gasteiger partial charge in [0, 0.05) is 11.4 Å². The minimum atomic E-state index is 0.414. The SMILES string of the molecule is COc1cccc(Sc2cnc(CN)cn2)c1. The third-order valence-electron chi connectivity index (χ3n) is 2.15. The van der Waals surface area contributed by atoms with E-state index in [-0.39, 0.29) is 0 Å². The van der Waals surface area contributed by atoms with Gasteiger partial charge in [-0.05, 0) is 18.2 Å². The summed E-state index contributed by atoms with van der Waals surface area (Å²) in [6.45, 7) is 0.414. The standard InChI is InChI=1S/C12H13N3OS/c1-16-10-3-2-4-11(5-10)17-12-8-14-9(6-13)7-15-12/h2-5,7-8H,6,13H2,1H3. The highest BCUT2D eigenvalue weighted by molar-refractivity contribution is 7.99. The summed E-state index contributed by atoms with van der Waals surface area (Å²) < 4.78 is 5.16. The van der Waals surface area contributed by atoms with Crippen molar-refractivity contribution in [2.75, 3.05) is 7.11 Å². The van der Waals surface area contributed by atoms with Gasteiger partial charge in [-0.2, -0.15) is 0 Å². The van der Waals surface area contributed by atoms with E-state index in [1.165, 1.54) is 0 Å². The van der Waals surface area contributed by atoms with Crippen molar-refractivity contribution >= 4 is 11.8 Å². The molecular weight excluding hydrogens is 234 g/mol. The normalized spacial score (nSPS) is 10.2. The molecule has 0 aliphatic heterocycles. The fourth-order valence-corrected chi connectivity index (χ4v) is 2.06. The molecule has 0 aliphatic carbocycles. The number of hydrogen-bond donors (Lipinski definition) is 1. The Morgan fingerprint density at radius 3 is 2.82 bits per heavy atom. The van der Waals surface area contributed by atoms with E-state index < -0.39 is 0 Å². The lowest BCUT2D eigenvalue weighted by Gasteiger charge is -2.03. The lowest BCUT2D eigenvalue weighted by Crippen LogP contribution is -1.99. The molecule has 0 saturated heterocycles. The Hall–Kier alpha value is -1.59. The summed E-state index contributed by atoms with van der Waals surface area (Å²) in [5.41, 5.74) is 6.26. The van der Waals surface area contributed by atoms with Crippen LogP contribution in [0.5, 0.6) is 5.75 Å². The second kappa shape index (κ2) is 5.65. The van der Waals surface area contributed by atoms with Crippen LogP contribution in [0.25, 0.3) is 0 Å². The van der Waals surface area contributed by atoms with Crippen molar-refractivity contribution in [1.82, 2.24) is 9.97 Å². The van der Waals surface area contributed by atoms with Gasteiger partial charge in [0.05, 0.1) is 25.2 Å². The lowest BCUT2D eigenvalue weighted by molar-refractivity contribution is 0.413. The highest BCUT2D eigenvalue weighted by Gasteiger charge is 2.01. The molecule has 0 saturated carbocycles. The van der Waals surface area contributed by atoms with Gasteiger partial charge in [0.1, 0.15) is 10.8 Å². The molecule has 1 aromatic heterocycles. The van der Waals surface area contributed by atoms with E-state index in [2.05, 4.69) is 9.97 Å². The first-order valence-electron chi connectivity index (χ1n) is 5.14.